The van der Waals surface area contributed by atoms with Gasteiger partial charge in [0.05, 0.1) is 28.0 Å². The van der Waals surface area contributed by atoms with Gasteiger partial charge >= 0.3 is 5.97 Å². The summed E-state index contributed by atoms with van der Waals surface area (Å²) in [6, 6.07) is 10.4. The molecule has 0 spiro atoms. The maximum absolute atomic E-state index is 13.5. The molecule has 30 heavy (non-hydrogen) atoms. The van der Waals surface area contributed by atoms with E-state index in [-0.39, 0.29) is 22.8 Å². The first kappa shape index (κ1) is 21.7. The van der Waals surface area contributed by atoms with E-state index in [1.54, 1.807) is 32.1 Å². The molecular formula is C21H22N2O6S. The number of nitro groups is 1. The van der Waals surface area contributed by atoms with Gasteiger partial charge in [0.25, 0.3) is 5.69 Å². The number of hydrogen-bond donors (Lipinski definition) is 0. The van der Waals surface area contributed by atoms with Crippen LogP contribution in [0.1, 0.15) is 31.0 Å². The summed E-state index contributed by atoms with van der Waals surface area (Å²) in [7, 11) is -3.97. The Balaban J connectivity index is 2.11. The zero-order valence-corrected chi connectivity index (χ0v) is 17.6. The highest BCUT2D eigenvalue weighted by Gasteiger charge is 2.44. The lowest BCUT2D eigenvalue weighted by Gasteiger charge is -2.29. The lowest BCUT2D eigenvalue weighted by Crippen LogP contribution is -2.37. The van der Waals surface area contributed by atoms with Crippen molar-refractivity contribution >= 4 is 21.7 Å². The van der Waals surface area contributed by atoms with Crippen molar-refractivity contribution in [3.05, 3.63) is 81.4 Å². The van der Waals surface area contributed by atoms with Gasteiger partial charge in [-0.2, -0.15) is 4.31 Å². The summed E-state index contributed by atoms with van der Waals surface area (Å²) in [4.78, 5) is 23.1. The van der Waals surface area contributed by atoms with E-state index >= 15 is 0 Å². The minimum Gasteiger partial charge on any atom is -0.463 e. The first-order valence-corrected chi connectivity index (χ1v) is 10.8. The smallest absolute Gasteiger partial charge is 0.335 e. The van der Waals surface area contributed by atoms with Crippen molar-refractivity contribution in [2.75, 3.05) is 6.61 Å². The van der Waals surface area contributed by atoms with Crippen molar-refractivity contribution in [2.24, 2.45) is 0 Å². The molecule has 2 atom stereocenters. The second-order valence-corrected chi connectivity index (χ2v) is 8.83. The Morgan fingerprint density at radius 1 is 1.13 bits per heavy atom. The van der Waals surface area contributed by atoms with E-state index in [0.717, 1.165) is 5.56 Å². The summed E-state index contributed by atoms with van der Waals surface area (Å²) in [5, 5.41) is 11.0. The van der Waals surface area contributed by atoms with Crippen LogP contribution in [-0.2, 0) is 19.6 Å². The first-order valence-electron chi connectivity index (χ1n) is 9.40. The Morgan fingerprint density at radius 3 is 2.27 bits per heavy atom. The third-order valence-electron chi connectivity index (χ3n) is 4.90. The fourth-order valence-corrected chi connectivity index (χ4v) is 5.22. The average molecular weight is 430 g/mol. The largest absolute Gasteiger partial charge is 0.463 e. The number of non-ortho nitro benzene ring substituents is 1. The van der Waals surface area contributed by atoms with E-state index in [2.05, 4.69) is 0 Å². The van der Waals surface area contributed by atoms with Gasteiger partial charge in [0.1, 0.15) is 0 Å². The van der Waals surface area contributed by atoms with Gasteiger partial charge < -0.3 is 4.74 Å². The van der Waals surface area contributed by atoms with E-state index in [9.17, 15) is 23.3 Å². The van der Waals surface area contributed by atoms with Gasteiger partial charge in [0.15, 0.2) is 0 Å². The maximum atomic E-state index is 13.5. The number of ether oxygens (including phenoxy) is 1. The number of benzene rings is 2. The average Bonchev–Trinajstić information content (AvgIpc) is 3.06. The maximum Gasteiger partial charge on any atom is 0.335 e. The topological polar surface area (TPSA) is 107 Å². The monoisotopic (exact) mass is 430 g/mol. The van der Waals surface area contributed by atoms with Gasteiger partial charge in [0, 0.05) is 18.2 Å². The Morgan fingerprint density at radius 2 is 1.73 bits per heavy atom. The molecule has 2 aromatic carbocycles. The molecule has 9 heteroatoms. The number of aryl methyl sites for hydroxylation is 1. The number of rotatable bonds is 6. The van der Waals surface area contributed by atoms with Crippen LogP contribution in [0.5, 0.6) is 0 Å². The van der Waals surface area contributed by atoms with Crippen LogP contribution in [0.25, 0.3) is 0 Å². The highest BCUT2D eigenvalue weighted by atomic mass is 32.2. The normalized spacial score (nSPS) is 19.4. The second kappa shape index (κ2) is 8.37. The molecule has 2 unspecified atom stereocenters. The zero-order chi connectivity index (χ0) is 22.1. The molecule has 8 nitrogen and oxygen atoms in total. The Bertz CT molecular complexity index is 1090. The molecule has 0 amide bonds. The molecular weight excluding hydrogens is 408 g/mol. The predicted molar refractivity (Wildman–Crippen MR) is 110 cm³/mol. The van der Waals surface area contributed by atoms with E-state index in [0.29, 0.717) is 5.56 Å². The molecule has 0 bridgehead atoms. The van der Waals surface area contributed by atoms with Crippen LogP contribution in [0.3, 0.4) is 0 Å². The molecule has 1 heterocycles. The van der Waals surface area contributed by atoms with Crippen molar-refractivity contribution in [2.45, 2.75) is 37.8 Å². The quantitative estimate of drug-likeness (QED) is 0.394. The summed E-state index contributed by atoms with van der Waals surface area (Å²) in [6.45, 7) is 5.34. The molecule has 0 saturated heterocycles. The molecule has 1 aliphatic rings. The number of hydrogen-bond acceptors (Lipinski definition) is 6. The van der Waals surface area contributed by atoms with Crippen LogP contribution < -0.4 is 0 Å². The van der Waals surface area contributed by atoms with Crippen molar-refractivity contribution in [3.63, 3.8) is 0 Å². The molecule has 0 aliphatic carbocycles. The van der Waals surface area contributed by atoms with Gasteiger partial charge in [-0.15, -0.1) is 0 Å². The summed E-state index contributed by atoms with van der Waals surface area (Å²) >= 11 is 0. The fourth-order valence-electron chi connectivity index (χ4n) is 3.49. The van der Waals surface area contributed by atoms with Gasteiger partial charge in [-0.25, -0.2) is 13.2 Å². The van der Waals surface area contributed by atoms with Crippen LogP contribution >= 0.6 is 0 Å². The van der Waals surface area contributed by atoms with Crippen LogP contribution in [0.2, 0.25) is 0 Å². The predicted octanol–water partition coefficient (Wildman–Crippen LogP) is 3.53. The number of sulfonamides is 1. The fraction of sp³-hybridized carbons (Fsp3) is 0.286. The molecule has 0 N–H and O–H groups in total. The highest BCUT2D eigenvalue weighted by Crippen LogP contribution is 2.41. The van der Waals surface area contributed by atoms with Crippen LogP contribution in [0.15, 0.2) is 65.1 Å². The minimum atomic E-state index is -3.97. The van der Waals surface area contributed by atoms with Gasteiger partial charge in [-0.05, 0) is 38.5 Å². The Kier molecular flexibility index (Phi) is 6.04. The highest BCUT2D eigenvalue weighted by molar-refractivity contribution is 7.89. The van der Waals surface area contributed by atoms with E-state index in [1.807, 2.05) is 6.92 Å². The lowest BCUT2D eigenvalue weighted by molar-refractivity contribution is -0.384. The van der Waals surface area contributed by atoms with E-state index < -0.39 is 33.0 Å². The first-order chi connectivity index (χ1) is 14.2. The van der Waals surface area contributed by atoms with Crippen LogP contribution in [-0.4, -0.2) is 36.3 Å². The number of carbonyl (C=O) groups excluding carboxylic acids is 1. The van der Waals surface area contributed by atoms with Crippen molar-refractivity contribution in [1.29, 1.82) is 0 Å². The molecule has 0 fully saturated rings. The number of carbonyl (C=O) groups is 1. The third kappa shape index (κ3) is 3.99. The molecule has 0 aromatic heterocycles. The Labute approximate surface area is 175 Å². The standard InChI is InChI=1S/C21H22N2O6S/c1-4-29-21(24)19-13-15(3)22(30(27,28)18-11-5-14(2)6-12-18)20(19)16-7-9-17(10-8-16)23(25)26/h5-13,15,20H,4H2,1-3H3. The SMILES string of the molecule is CCOC(=O)C1=CC(C)N(S(=O)(=O)c2ccc(C)cc2)C1c1ccc([N+](=O)[O-])cc1. The van der Waals surface area contributed by atoms with Crippen molar-refractivity contribution in [1.82, 2.24) is 4.31 Å². The number of esters is 1. The van der Waals surface area contributed by atoms with E-state index in [1.165, 1.54) is 40.7 Å². The van der Waals surface area contributed by atoms with E-state index in [4.69, 9.17) is 4.74 Å². The summed E-state index contributed by atoms with van der Waals surface area (Å²) in [5.74, 6) is -0.616. The summed E-state index contributed by atoms with van der Waals surface area (Å²) < 4.78 is 33.3. The molecule has 3 rings (SSSR count). The molecule has 158 valence electrons. The molecule has 0 radical (unpaired) electrons. The number of nitro benzene ring substituents is 1. The van der Waals surface area contributed by atoms with Gasteiger partial charge in [-0.1, -0.05) is 35.9 Å². The summed E-state index contributed by atoms with van der Waals surface area (Å²) in [5.41, 5.74) is 1.42. The molecule has 0 saturated carbocycles. The number of nitrogens with zero attached hydrogens (tertiary/aromatic N) is 2. The molecule has 1 aliphatic heterocycles. The van der Waals surface area contributed by atoms with Crippen molar-refractivity contribution < 1.29 is 22.9 Å². The van der Waals surface area contributed by atoms with Crippen LogP contribution in [0.4, 0.5) is 5.69 Å². The van der Waals surface area contributed by atoms with Gasteiger partial charge in [0.2, 0.25) is 10.0 Å². The molecule has 2 aromatic rings. The zero-order valence-electron chi connectivity index (χ0n) is 16.8. The van der Waals surface area contributed by atoms with Crippen molar-refractivity contribution in [3.8, 4) is 0 Å². The van der Waals surface area contributed by atoms with Crippen LogP contribution in [0, 0.1) is 17.0 Å². The van der Waals surface area contributed by atoms with Gasteiger partial charge in [-0.3, -0.25) is 10.1 Å². The lowest BCUT2D eigenvalue weighted by atomic mass is 10.0. The summed E-state index contributed by atoms with van der Waals surface area (Å²) in [6.07, 6.45) is 1.57. The second-order valence-electron chi connectivity index (χ2n) is 6.98. The Hall–Kier alpha value is -3.04. The third-order valence-corrected chi connectivity index (χ3v) is 6.86. The minimum absolute atomic E-state index is 0.102.